The molecule has 0 heterocycles. The van der Waals surface area contributed by atoms with Crippen LogP contribution in [0.3, 0.4) is 0 Å². The Morgan fingerprint density at radius 1 is 1.39 bits per heavy atom. The van der Waals surface area contributed by atoms with Crippen LogP contribution in [0.4, 0.5) is 0 Å². The van der Waals surface area contributed by atoms with Crippen LogP contribution in [-0.4, -0.2) is 24.0 Å². The number of methoxy groups -OCH3 is 1. The average Bonchev–Trinajstić information content (AvgIpc) is 2.36. The van der Waals surface area contributed by atoms with E-state index in [1.807, 2.05) is 6.07 Å². The minimum Gasteiger partial charge on any atom is -0.467 e. The van der Waals surface area contributed by atoms with E-state index in [2.05, 4.69) is 4.74 Å². The molecule has 0 aromatic heterocycles. The van der Waals surface area contributed by atoms with Gasteiger partial charge >= 0.3 is 5.97 Å². The van der Waals surface area contributed by atoms with Crippen LogP contribution in [0.2, 0.25) is 0 Å². The number of hydrogen-bond acceptors (Lipinski definition) is 5. The molecule has 1 N–H and O–H groups in total. The third-order valence-electron chi connectivity index (χ3n) is 2.52. The van der Waals surface area contributed by atoms with Crippen LogP contribution in [0.25, 0.3) is 0 Å². The third-order valence-corrected chi connectivity index (χ3v) is 2.52. The lowest BCUT2D eigenvalue weighted by Crippen LogP contribution is -2.38. The van der Waals surface area contributed by atoms with E-state index in [0.717, 1.165) is 7.11 Å². The maximum absolute atomic E-state index is 11.6. The van der Waals surface area contributed by atoms with E-state index >= 15 is 0 Å². The van der Waals surface area contributed by atoms with E-state index < -0.39 is 11.6 Å². The summed E-state index contributed by atoms with van der Waals surface area (Å²) in [7, 11) is 1.14. The highest BCUT2D eigenvalue weighted by molar-refractivity contribution is 5.88. The number of rotatable bonds is 4. The normalized spacial score (nSPS) is 13.2. The molecule has 1 atom stereocenters. The summed E-state index contributed by atoms with van der Waals surface area (Å²) in [6.07, 6.45) is -0.369. The van der Waals surface area contributed by atoms with Gasteiger partial charge in [-0.3, -0.25) is 4.79 Å². The first kappa shape index (κ1) is 13.9. The summed E-state index contributed by atoms with van der Waals surface area (Å²) in [6.45, 7) is 1.28. The highest BCUT2D eigenvalue weighted by Crippen LogP contribution is 2.27. The molecule has 94 valence electrons. The number of ether oxygens (including phenoxy) is 1. The molecule has 0 saturated carbocycles. The van der Waals surface area contributed by atoms with Gasteiger partial charge < -0.3 is 9.84 Å². The molecule has 0 unspecified atom stereocenters. The number of carbonyl (C=O) groups is 2. The van der Waals surface area contributed by atoms with Gasteiger partial charge in [-0.05, 0) is 24.6 Å². The molecule has 18 heavy (non-hydrogen) atoms. The van der Waals surface area contributed by atoms with Gasteiger partial charge in [-0.2, -0.15) is 5.26 Å². The maximum Gasteiger partial charge on any atom is 0.343 e. The lowest BCUT2D eigenvalue weighted by atomic mass is 9.88. The minimum atomic E-state index is -2.01. The summed E-state index contributed by atoms with van der Waals surface area (Å²) in [5.74, 6) is -1.24. The minimum absolute atomic E-state index is 0.226. The fraction of sp³-hybridized carbons (Fsp3) is 0.308. The summed E-state index contributed by atoms with van der Waals surface area (Å²) in [5.41, 5.74) is -1.38. The second-order valence-electron chi connectivity index (χ2n) is 3.92. The van der Waals surface area contributed by atoms with Gasteiger partial charge in [0.05, 0.1) is 18.7 Å². The zero-order valence-electron chi connectivity index (χ0n) is 10.1. The molecule has 0 spiro atoms. The molecule has 1 aromatic carbocycles. The van der Waals surface area contributed by atoms with Gasteiger partial charge in [-0.1, -0.05) is 12.1 Å². The fourth-order valence-electron chi connectivity index (χ4n) is 1.64. The standard InChI is InChI=1S/C13H13NO4/c1-9(15)7-13(17,12(16)18-2)11-5-3-10(8-14)4-6-11/h3-6,17H,7H2,1-2H3/t13-/m1/s1. The van der Waals surface area contributed by atoms with Crippen LogP contribution >= 0.6 is 0 Å². The number of benzene rings is 1. The Bertz CT molecular complexity index is 501. The number of esters is 1. The number of Topliss-reactive ketones (excluding diaryl/α,β-unsaturated/α-hetero) is 1. The van der Waals surface area contributed by atoms with Crippen molar-refractivity contribution in [3.05, 3.63) is 35.4 Å². The number of aliphatic hydroxyl groups is 1. The van der Waals surface area contributed by atoms with Crippen LogP contribution in [-0.2, 0) is 19.9 Å². The molecule has 0 bridgehead atoms. The molecule has 0 radical (unpaired) electrons. The predicted molar refractivity (Wildman–Crippen MR) is 62.4 cm³/mol. The zero-order valence-corrected chi connectivity index (χ0v) is 10.1. The Kier molecular flexibility index (Phi) is 4.18. The second-order valence-corrected chi connectivity index (χ2v) is 3.92. The van der Waals surface area contributed by atoms with Crippen molar-refractivity contribution in [2.75, 3.05) is 7.11 Å². The number of hydrogen-bond donors (Lipinski definition) is 1. The molecule has 1 aromatic rings. The monoisotopic (exact) mass is 247 g/mol. The number of nitrogens with zero attached hydrogens (tertiary/aromatic N) is 1. The quantitative estimate of drug-likeness (QED) is 0.798. The Labute approximate surface area is 105 Å². The van der Waals surface area contributed by atoms with Gasteiger partial charge in [0.1, 0.15) is 5.78 Å². The molecule has 0 aliphatic heterocycles. The average molecular weight is 247 g/mol. The Morgan fingerprint density at radius 3 is 2.33 bits per heavy atom. The van der Waals surface area contributed by atoms with Gasteiger partial charge in [-0.15, -0.1) is 0 Å². The van der Waals surface area contributed by atoms with Crippen molar-refractivity contribution in [2.24, 2.45) is 0 Å². The van der Waals surface area contributed by atoms with Crippen LogP contribution in [0.15, 0.2) is 24.3 Å². The van der Waals surface area contributed by atoms with Gasteiger partial charge in [0, 0.05) is 6.42 Å². The summed E-state index contributed by atoms with van der Waals surface area (Å²) < 4.78 is 4.52. The van der Waals surface area contributed by atoms with Crippen molar-refractivity contribution in [3.8, 4) is 6.07 Å². The highest BCUT2D eigenvalue weighted by atomic mass is 16.5. The molecule has 0 fully saturated rings. The van der Waals surface area contributed by atoms with E-state index in [1.165, 1.54) is 31.2 Å². The maximum atomic E-state index is 11.6. The lowest BCUT2D eigenvalue weighted by Gasteiger charge is -2.24. The predicted octanol–water partition coefficient (Wildman–Crippen LogP) is 0.898. The van der Waals surface area contributed by atoms with E-state index in [9.17, 15) is 14.7 Å². The molecule has 1 rings (SSSR count). The fourth-order valence-corrected chi connectivity index (χ4v) is 1.64. The smallest absolute Gasteiger partial charge is 0.343 e. The lowest BCUT2D eigenvalue weighted by molar-refractivity contribution is -0.166. The summed E-state index contributed by atoms with van der Waals surface area (Å²) in [6, 6.07) is 7.71. The molecule has 0 aliphatic rings. The second kappa shape index (κ2) is 5.43. The van der Waals surface area contributed by atoms with Crippen molar-refractivity contribution >= 4 is 11.8 Å². The molecule has 0 aliphatic carbocycles. The molecule has 0 saturated heterocycles. The largest absolute Gasteiger partial charge is 0.467 e. The van der Waals surface area contributed by atoms with Crippen molar-refractivity contribution in [3.63, 3.8) is 0 Å². The van der Waals surface area contributed by atoms with Gasteiger partial charge in [0.25, 0.3) is 0 Å². The number of carbonyl (C=O) groups excluding carboxylic acids is 2. The first-order chi connectivity index (χ1) is 8.43. The Balaban J connectivity index is 3.21. The van der Waals surface area contributed by atoms with Crippen LogP contribution in [0.5, 0.6) is 0 Å². The van der Waals surface area contributed by atoms with E-state index in [4.69, 9.17) is 5.26 Å². The Morgan fingerprint density at radius 2 is 1.94 bits per heavy atom. The SMILES string of the molecule is COC(=O)[C@@](O)(CC(C)=O)c1ccc(C#N)cc1. The van der Waals surface area contributed by atoms with E-state index in [0.29, 0.717) is 5.56 Å². The number of ketones is 1. The van der Waals surface area contributed by atoms with E-state index in [1.54, 1.807) is 0 Å². The summed E-state index contributed by atoms with van der Waals surface area (Å²) in [5, 5.41) is 19.0. The topological polar surface area (TPSA) is 87.4 Å². The van der Waals surface area contributed by atoms with Gasteiger partial charge in [-0.25, -0.2) is 4.79 Å². The molecule has 0 amide bonds. The summed E-state index contributed by atoms with van der Waals surface area (Å²) in [4.78, 5) is 22.8. The van der Waals surface area contributed by atoms with Gasteiger partial charge in [0.15, 0.2) is 5.60 Å². The third kappa shape index (κ3) is 2.73. The van der Waals surface area contributed by atoms with Crippen molar-refractivity contribution in [2.45, 2.75) is 18.9 Å². The van der Waals surface area contributed by atoms with Crippen molar-refractivity contribution in [1.82, 2.24) is 0 Å². The van der Waals surface area contributed by atoms with Crippen molar-refractivity contribution < 1.29 is 19.4 Å². The zero-order chi connectivity index (χ0) is 13.8. The highest BCUT2D eigenvalue weighted by Gasteiger charge is 2.40. The Hall–Kier alpha value is -2.19. The van der Waals surface area contributed by atoms with Crippen LogP contribution < -0.4 is 0 Å². The van der Waals surface area contributed by atoms with Gasteiger partial charge in [0.2, 0.25) is 0 Å². The first-order valence-corrected chi connectivity index (χ1v) is 5.25. The molecular weight excluding hydrogens is 234 g/mol. The molecule has 5 nitrogen and oxygen atoms in total. The summed E-state index contributed by atoms with van der Waals surface area (Å²) >= 11 is 0. The molecular formula is C13H13NO4. The van der Waals surface area contributed by atoms with E-state index in [-0.39, 0.29) is 17.8 Å². The number of nitriles is 1. The van der Waals surface area contributed by atoms with Crippen molar-refractivity contribution in [1.29, 1.82) is 5.26 Å². The first-order valence-electron chi connectivity index (χ1n) is 5.25. The van der Waals surface area contributed by atoms with Crippen LogP contribution in [0.1, 0.15) is 24.5 Å². The van der Waals surface area contributed by atoms with Crippen LogP contribution in [0, 0.1) is 11.3 Å². The molecule has 5 heteroatoms.